The van der Waals surface area contributed by atoms with E-state index >= 15 is 0 Å². The molecule has 2 fully saturated rings. The van der Waals surface area contributed by atoms with E-state index in [1.54, 1.807) is 13.8 Å². The van der Waals surface area contributed by atoms with Crippen LogP contribution >= 0.6 is 29.9 Å². The Balaban J connectivity index is 1.94. The number of nitrogens with zero attached hydrogens (tertiary/aromatic N) is 1. The highest BCUT2D eigenvalue weighted by atomic mass is 35.5. The molecule has 8 nitrogen and oxygen atoms in total. The number of hydrogen-bond donors (Lipinski definition) is 1. The van der Waals surface area contributed by atoms with Crippen molar-refractivity contribution < 1.29 is 22.7 Å². The van der Waals surface area contributed by atoms with Crippen LogP contribution in [-0.4, -0.2) is 38.8 Å². The summed E-state index contributed by atoms with van der Waals surface area (Å²) in [5, 5.41) is 0. The Morgan fingerprint density at radius 2 is 2.20 bits per heavy atom. The van der Waals surface area contributed by atoms with Crippen LogP contribution in [0.25, 0.3) is 0 Å². The van der Waals surface area contributed by atoms with E-state index in [1.165, 1.54) is 0 Å². The van der Waals surface area contributed by atoms with Crippen molar-refractivity contribution in [1.82, 2.24) is 9.55 Å². The SMILES string of the molecule is CC(C)O[P@]1(=S)OC[C@H]2O[C@@H](n3cc(F)c(=O)[nH]c3=O)C(Cl)(Cl)[C@@H]2O1. The molecule has 2 aliphatic rings. The molecule has 140 valence electrons. The highest BCUT2D eigenvalue weighted by Gasteiger charge is 2.61. The number of fused-ring (bicyclic) bond motifs is 1. The number of nitrogens with one attached hydrogen (secondary N) is 1. The Hall–Kier alpha value is -0.320. The van der Waals surface area contributed by atoms with Gasteiger partial charge < -0.3 is 13.8 Å². The quantitative estimate of drug-likeness (QED) is 0.572. The van der Waals surface area contributed by atoms with Gasteiger partial charge in [0.15, 0.2) is 10.6 Å². The Labute approximate surface area is 156 Å². The van der Waals surface area contributed by atoms with Gasteiger partial charge in [0.05, 0.1) is 18.9 Å². The third-order valence-corrected chi connectivity index (χ3v) is 6.77. The second-order valence-corrected chi connectivity index (χ2v) is 10.1. The largest absolute Gasteiger partial charge is 0.346 e. The average molecular weight is 435 g/mol. The summed E-state index contributed by atoms with van der Waals surface area (Å²) in [6.45, 7) is 0.401. The number of rotatable bonds is 3. The first-order valence-electron chi connectivity index (χ1n) is 7.19. The van der Waals surface area contributed by atoms with Crippen molar-refractivity contribution in [2.75, 3.05) is 6.61 Å². The summed E-state index contributed by atoms with van der Waals surface area (Å²) >= 11 is 18.0. The van der Waals surface area contributed by atoms with Gasteiger partial charge in [-0.25, -0.2) is 4.79 Å². The molecule has 0 amide bonds. The molecule has 1 aromatic heterocycles. The molecule has 1 aromatic rings. The summed E-state index contributed by atoms with van der Waals surface area (Å²) in [7, 11) is 0. The zero-order valence-electron chi connectivity index (χ0n) is 13.0. The van der Waals surface area contributed by atoms with Crippen LogP contribution in [0.2, 0.25) is 0 Å². The minimum atomic E-state index is -3.10. The number of aromatic nitrogens is 2. The van der Waals surface area contributed by atoms with Crippen LogP contribution in [0.5, 0.6) is 0 Å². The van der Waals surface area contributed by atoms with Crippen molar-refractivity contribution in [2.45, 2.75) is 42.7 Å². The topological polar surface area (TPSA) is 91.8 Å². The molecule has 4 atom stereocenters. The molecule has 25 heavy (non-hydrogen) atoms. The number of alkyl halides is 2. The van der Waals surface area contributed by atoms with Crippen LogP contribution in [0.4, 0.5) is 4.39 Å². The lowest BCUT2D eigenvalue weighted by molar-refractivity contribution is -0.0652. The molecule has 3 heterocycles. The van der Waals surface area contributed by atoms with Crippen molar-refractivity contribution in [2.24, 2.45) is 0 Å². The third kappa shape index (κ3) is 3.59. The predicted octanol–water partition coefficient (Wildman–Crippen LogP) is 1.81. The van der Waals surface area contributed by atoms with Gasteiger partial charge in [0.1, 0.15) is 12.2 Å². The smallest absolute Gasteiger partial charge is 0.330 e. The summed E-state index contributed by atoms with van der Waals surface area (Å²) in [5.41, 5.74) is -2.09. The van der Waals surface area contributed by atoms with Gasteiger partial charge in [-0.2, -0.15) is 4.39 Å². The highest BCUT2D eigenvalue weighted by Crippen LogP contribution is 2.61. The van der Waals surface area contributed by atoms with Crippen molar-refractivity contribution >= 4 is 41.7 Å². The zero-order valence-corrected chi connectivity index (χ0v) is 16.2. The lowest BCUT2D eigenvalue weighted by Gasteiger charge is -2.36. The Kier molecular flexibility index (Phi) is 5.20. The number of aromatic amines is 1. The van der Waals surface area contributed by atoms with Gasteiger partial charge in [-0.3, -0.25) is 18.9 Å². The molecule has 0 radical (unpaired) electrons. The average Bonchev–Trinajstić information content (AvgIpc) is 2.73. The zero-order chi connectivity index (χ0) is 18.6. The standard InChI is InChI=1S/C12H14Cl2FN2O6PS/c1-5(2)22-24(25)20-4-7-8(23-24)12(13,14)10(21-7)17-3-6(15)9(18)16-11(17)19/h3,5,7-8,10H,4H2,1-2H3,(H,16,18,19)/t7-,8-,10-,24-/m1/s1. The van der Waals surface area contributed by atoms with Crippen molar-refractivity contribution in [3.8, 4) is 0 Å². The van der Waals surface area contributed by atoms with Crippen LogP contribution in [0, 0.1) is 5.82 Å². The van der Waals surface area contributed by atoms with Crippen LogP contribution < -0.4 is 11.2 Å². The van der Waals surface area contributed by atoms with E-state index in [-0.39, 0.29) is 12.7 Å². The van der Waals surface area contributed by atoms with E-state index in [0.29, 0.717) is 6.20 Å². The van der Waals surface area contributed by atoms with Gasteiger partial charge in [0.2, 0.25) is 5.82 Å². The summed E-state index contributed by atoms with van der Waals surface area (Å²) in [6, 6.07) is 0. The molecule has 2 saturated heterocycles. The van der Waals surface area contributed by atoms with E-state index < -0.39 is 46.6 Å². The maximum atomic E-state index is 13.6. The number of halogens is 3. The lowest BCUT2D eigenvalue weighted by atomic mass is 10.2. The minimum absolute atomic E-state index is 0.0209. The first kappa shape index (κ1) is 19.4. The Morgan fingerprint density at radius 1 is 1.52 bits per heavy atom. The molecule has 0 aromatic carbocycles. The fraction of sp³-hybridized carbons (Fsp3) is 0.667. The van der Waals surface area contributed by atoms with Crippen molar-refractivity contribution in [1.29, 1.82) is 0 Å². The molecule has 0 spiro atoms. The van der Waals surface area contributed by atoms with Crippen LogP contribution in [0.1, 0.15) is 20.1 Å². The molecular formula is C12H14Cl2FN2O6PS. The predicted molar refractivity (Wildman–Crippen MR) is 91.0 cm³/mol. The normalized spacial score (nSPS) is 34.2. The van der Waals surface area contributed by atoms with Gasteiger partial charge in [-0.15, -0.1) is 0 Å². The molecule has 2 aliphatic heterocycles. The fourth-order valence-corrected chi connectivity index (χ4v) is 5.90. The summed E-state index contributed by atoms with van der Waals surface area (Å²) in [6.07, 6.45) is -2.63. The van der Waals surface area contributed by atoms with Gasteiger partial charge in [0.25, 0.3) is 5.56 Å². The highest BCUT2D eigenvalue weighted by molar-refractivity contribution is 8.07. The van der Waals surface area contributed by atoms with E-state index in [1.807, 2.05) is 4.98 Å². The van der Waals surface area contributed by atoms with E-state index in [0.717, 1.165) is 4.57 Å². The molecule has 0 unspecified atom stereocenters. The van der Waals surface area contributed by atoms with Crippen LogP contribution in [0.3, 0.4) is 0 Å². The Morgan fingerprint density at radius 3 is 2.84 bits per heavy atom. The van der Waals surface area contributed by atoms with Crippen LogP contribution in [-0.2, 0) is 30.1 Å². The Bertz CT molecular complexity index is 846. The molecule has 0 bridgehead atoms. The number of hydrogen-bond acceptors (Lipinski definition) is 7. The number of ether oxygens (including phenoxy) is 1. The third-order valence-electron chi connectivity index (χ3n) is 3.51. The molecule has 1 N–H and O–H groups in total. The van der Waals surface area contributed by atoms with E-state index in [4.69, 9.17) is 53.3 Å². The molecule has 0 aliphatic carbocycles. The van der Waals surface area contributed by atoms with Gasteiger partial charge in [-0.1, -0.05) is 23.2 Å². The molecule has 13 heteroatoms. The molecule has 3 rings (SSSR count). The maximum Gasteiger partial charge on any atom is 0.330 e. The maximum absolute atomic E-state index is 13.6. The molecule has 0 saturated carbocycles. The summed E-state index contributed by atoms with van der Waals surface area (Å²) in [5.74, 6) is -1.19. The van der Waals surface area contributed by atoms with Crippen LogP contribution in [0.15, 0.2) is 15.8 Å². The first-order valence-corrected chi connectivity index (χ1v) is 10.5. The van der Waals surface area contributed by atoms with E-state index in [2.05, 4.69) is 0 Å². The summed E-state index contributed by atoms with van der Waals surface area (Å²) in [4.78, 5) is 25.0. The monoisotopic (exact) mass is 434 g/mol. The van der Waals surface area contributed by atoms with E-state index in [9.17, 15) is 14.0 Å². The fourth-order valence-electron chi connectivity index (χ4n) is 2.51. The first-order chi connectivity index (χ1) is 11.5. The van der Waals surface area contributed by atoms with Gasteiger partial charge in [-0.05, 0) is 25.7 Å². The lowest BCUT2D eigenvalue weighted by Crippen LogP contribution is -2.44. The second kappa shape index (κ2) is 6.69. The van der Waals surface area contributed by atoms with Gasteiger partial charge in [0, 0.05) is 0 Å². The summed E-state index contributed by atoms with van der Waals surface area (Å²) < 4.78 is 34.8. The minimum Gasteiger partial charge on any atom is -0.346 e. The molecular weight excluding hydrogens is 421 g/mol. The number of H-pyrrole nitrogens is 1. The van der Waals surface area contributed by atoms with Crippen molar-refractivity contribution in [3.05, 3.63) is 32.9 Å². The second-order valence-electron chi connectivity index (χ2n) is 5.77. The van der Waals surface area contributed by atoms with Crippen molar-refractivity contribution in [3.63, 3.8) is 0 Å². The van der Waals surface area contributed by atoms with Gasteiger partial charge >= 0.3 is 12.4 Å².